The fraction of sp³-hybridized carbons (Fsp3) is 0.312. The van der Waals surface area contributed by atoms with Crippen LogP contribution in [0.3, 0.4) is 0 Å². The Morgan fingerprint density at radius 2 is 2.09 bits per heavy atom. The third-order valence-electron chi connectivity index (χ3n) is 2.96. The van der Waals surface area contributed by atoms with E-state index in [9.17, 15) is 4.79 Å². The van der Waals surface area contributed by atoms with Crippen molar-refractivity contribution in [3.63, 3.8) is 0 Å². The summed E-state index contributed by atoms with van der Waals surface area (Å²) in [4.78, 5) is 14.5. The monoisotopic (exact) mass is 314 g/mol. The highest BCUT2D eigenvalue weighted by Gasteiger charge is 2.11. The molecule has 6 heteroatoms. The van der Waals surface area contributed by atoms with Gasteiger partial charge in [-0.1, -0.05) is 46.7 Å². The predicted octanol–water partition coefficient (Wildman–Crippen LogP) is 1.71. The van der Waals surface area contributed by atoms with Crippen molar-refractivity contribution in [2.75, 3.05) is 20.1 Å². The first-order valence-electron chi connectivity index (χ1n) is 6.92. The van der Waals surface area contributed by atoms with Gasteiger partial charge in [-0.05, 0) is 31.1 Å². The molecule has 2 rings (SSSR count). The molecule has 0 atom stereocenters. The van der Waals surface area contributed by atoms with Crippen molar-refractivity contribution >= 4 is 17.4 Å². The maximum atomic E-state index is 11.8. The van der Waals surface area contributed by atoms with Crippen molar-refractivity contribution < 1.29 is 4.79 Å². The van der Waals surface area contributed by atoms with Crippen LogP contribution in [-0.2, 0) is 6.54 Å². The Bertz CT molecular complexity index is 672. The molecule has 0 saturated heterocycles. The van der Waals surface area contributed by atoms with Gasteiger partial charge in [0.05, 0.1) is 18.8 Å². The Labute approximate surface area is 134 Å². The molecule has 22 heavy (non-hydrogen) atoms. The number of rotatable bonds is 5. The van der Waals surface area contributed by atoms with Crippen LogP contribution in [0, 0.1) is 18.8 Å². The van der Waals surface area contributed by atoms with E-state index in [2.05, 4.69) is 43.8 Å². The number of aryl methyl sites for hydroxylation is 1. The number of aromatic nitrogens is 2. The Balaban J connectivity index is 1.71. The lowest BCUT2D eigenvalue weighted by Gasteiger charge is -2.12. The van der Waals surface area contributed by atoms with Crippen LogP contribution in [0.15, 0.2) is 30.3 Å². The number of carbonyl (C=O) groups is 1. The van der Waals surface area contributed by atoms with Crippen LogP contribution in [-0.4, -0.2) is 40.5 Å². The number of nitrogens with zero attached hydrogens (tertiary/aromatic N) is 3. The molecule has 0 saturated carbocycles. The third-order valence-corrected chi connectivity index (χ3v) is 3.79. The van der Waals surface area contributed by atoms with E-state index in [1.54, 1.807) is 6.92 Å². The summed E-state index contributed by atoms with van der Waals surface area (Å²) in [5, 5.41) is 6.56. The normalized spacial score (nSPS) is 10.1. The molecule has 1 heterocycles. The lowest BCUT2D eigenvalue weighted by molar-refractivity contribution is 0.0962. The summed E-state index contributed by atoms with van der Waals surface area (Å²) in [6.45, 7) is 3.61. The second-order valence-electron chi connectivity index (χ2n) is 4.88. The summed E-state index contributed by atoms with van der Waals surface area (Å²) in [5.41, 5.74) is 1.91. The van der Waals surface area contributed by atoms with Gasteiger partial charge in [0.2, 0.25) is 0 Å². The van der Waals surface area contributed by atoms with Crippen LogP contribution < -0.4 is 5.32 Å². The molecule has 0 fully saturated rings. The SMILES string of the molecule is Cc1nnsc1C(=O)NCC#CCN(C)Cc1ccccc1. The Morgan fingerprint density at radius 1 is 1.32 bits per heavy atom. The van der Waals surface area contributed by atoms with Crippen LogP contribution in [0.2, 0.25) is 0 Å². The minimum Gasteiger partial charge on any atom is -0.340 e. The fourth-order valence-corrected chi connectivity index (χ4v) is 2.42. The van der Waals surface area contributed by atoms with Gasteiger partial charge in [-0.3, -0.25) is 9.69 Å². The fourth-order valence-electron chi connectivity index (χ4n) is 1.85. The van der Waals surface area contributed by atoms with Crippen molar-refractivity contribution in [3.8, 4) is 11.8 Å². The molecule has 1 aromatic heterocycles. The number of amides is 1. The molecule has 0 spiro atoms. The second kappa shape index (κ2) is 8.27. The first-order valence-corrected chi connectivity index (χ1v) is 7.69. The zero-order valence-electron chi connectivity index (χ0n) is 12.7. The van der Waals surface area contributed by atoms with E-state index in [1.807, 2.05) is 25.2 Å². The lowest BCUT2D eigenvalue weighted by Crippen LogP contribution is -2.23. The van der Waals surface area contributed by atoms with Gasteiger partial charge in [-0.25, -0.2) is 0 Å². The molecule has 114 valence electrons. The van der Waals surface area contributed by atoms with E-state index < -0.39 is 0 Å². The van der Waals surface area contributed by atoms with Crippen molar-refractivity contribution in [1.29, 1.82) is 0 Å². The van der Waals surface area contributed by atoms with E-state index >= 15 is 0 Å². The molecular formula is C16H18N4OS. The second-order valence-corrected chi connectivity index (χ2v) is 5.64. The molecule has 5 nitrogen and oxygen atoms in total. The van der Waals surface area contributed by atoms with Crippen LogP contribution in [0.25, 0.3) is 0 Å². The Kier molecular flexibility index (Phi) is 6.07. The predicted molar refractivity (Wildman–Crippen MR) is 87.5 cm³/mol. The average molecular weight is 314 g/mol. The minimum atomic E-state index is -0.167. The molecule has 2 aromatic rings. The average Bonchev–Trinajstić information content (AvgIpc) is 2.94. The van der Waals surface area contributed by atoms with Crippen LogP contribution >= 0.6 is 11.5 Å². The molecular weight excluding hydrogens is 296 g/mol. The number of benzene rings is 1. The summed E-state index contributed by atoms with van der Waals surface area (Å²) in [7, 11) is 2.02. The van der Waals surface area contributed by atoms with Crippen LogP contribution in [0.5, 0.6) is 0 Å². The first kappa shape index (κ1) is 16.1. The number of nitrogens with one attached hydrogen (secondary N) is 1. The summed E-state index contributed by atoms with van der Waals surface area (Å²) in [5.74, 6) is 5.84. The molecule has 0 bridgehead atoms. The number of hydrogen-bond donors (Lipinski definition) is 1. The molecule has 0 radical (unpaired) electrons. The van der Waals surface area contributed by atoms with Gasteiger partial charge >= 0.3 is 0 Å². The van der Waals surface area contributed by atoms with E-state index in [1.165, 1.54) is 5.56 Å². The van der Waals surface area contributed by atoms with Crippen molar-refractivity contribution in [3.05, 3.63) is 46.5 Å². The Hall–Kier alpha value is -2.23. The standard InChI is InChI=1S/C16H18N4OS/c1-13-15(22-19-18-13)16(21)17-10-6-7-11-20(2)12-14-8-4-3-5-9-14/h3-5,8-9H,10-12H2,1-2H3,(H,17,21). The maximum Gasteiger partial charge on any atom is 0.265 e. The zero-order chi connectivity index (χ0) is 15.8. The van der Waals surface area contributed by atoms with Crippen LogP contribution in [0.1, 0.15) is 20.9 Å². The summed E-state index contributed by atoms with van der Waals surface area (Å²) < 4.78 is 3.74. The largest absolute Gasteiger partial charge is 0.340 e. The van der Waals surface area contributed by atoms with Crippen molar-refractivity contribution in [2.24, 2.45) is 0 Å². The van der Waals surface area contributed by atoms with Gasteiger partial charge < -0.3 is 5.32 Å². The highest BCUT2D eigenvalue weighted by Crippen LogP contribution is 2.07. The third kappa shape index (κ3) is 4.95. The molecule has 1 aromatic carbocycles. The van der Waals surface area contributed by atoms with Gasteiger partial charge in [-0.2, -0.15) is 0 Å². The highest BCUT2D eigenvalue weighted by atomic mass is 32.1. The van der Waals surface area contributed by atoms with E-state index in [4.69, 9.17) is 0 Å². The van der Waals surface area contributed by atoms with Gasteiger partial charge in [0.15, 0.2) is 0 Å². The summed E-state index contributed by atoms with van der Waals surface area (Å²) in [6, 6.07) is 10.2. The number of hydrogen-bond acceptors (Lipinski definition) is 5. The lowest BCUT2D eigenvalue weighted by atomic mass is 10.2. The smallest absolute Gasteiger partial charge is 0.265 e. The van der Waals surface area contributed by atoms with Crippen molar-refractivity contribution in [2.45, 2.75) is 13.5 Å². The van der Waals surface area contributed by atoms with E-state index in [0.717, 1.165) is 18.1 Å². The summed E-state index contributed by atoms with van der Waals surface area (Å²) in [6.07, 6.45) is 0. The first-order chi connectivity index (χ1) is 10.7. The van der Waals surface area contributed by atoms with Crippen molar-refractivity contribution in [1.82, 2.24) is 19.8 Å². The van der Waals surface area contributed by atoms with Crippen LogP contribution in [0.4, 0.5) is 0 Å². The highest BCUT2D eigenvalue weighted by molar-refractivity contribution is 7.07. The topological polar surface area (TPSA) is 58.1 Å². The summed E-state index contributed by atoms with van der Waals surface area (Å²) >= 11 is 1.10. The molecule has 0 aliphatic heterocycles. The van der Waals surface area contributed by atoms with E-state index in [-0.39, 0.29) is 5.91 Å². The number of carbonyl (C=O) groups excluding carboxylic acids is 1. The molecule has 0 aliphatic carbocycles. The van der Waals surface area contributed by atoms with Gasteiger partial charge in [-0.15, -0.1) is 5.10 Å². The zero-order valence-corrected chi connectivity index (χ0v) is 13.5. The molecule has 0 aliphatic rings. The van der Waals surface area contributed by atoms with Gasteiger partial charge in [0, 0.05) is 6.54 Å². The van der Waals surface area contributed by atoms with E-state index in [0.29, 0.717) is 23.7 Å². The molecule has 1 N–H and O–H groups in total. The minimum absolute atomic E-state index is 0.167. The van der Waals surface area contributed by atoms with Gasteiger partial charge in [0.25, 0.3) is 5.91 Å². The molecule has 0 unspecified atom stereocenters. The Morgan fingerprint density at radius 3 is 2.77 bits per heavy atom. The molecule has 1 amide bonds. The quantitative estimate of drug-likeness (QED) is 0.854. The maximum absolute atomic E-state index is 11.8. The van der Waals surface area contributed by atoms with Gasteiger partial charge in [0.1, 0.15) is 4.88 Å².